The summed E-state index contributed by atoms with van der Waals surface area (Å²) < 4.78 is 17.2. The fourth-order valence-corrected chi connectivity index (χ4v) is 1.40. The third kappa shape index (κ3) is 2.95. The molecule has 19 heavy (non-hydrogen) atoms. The van der Waals surface area contributed by atoms with Crippen LogP contribution in [0.1, 0.15) is 10.4 Å². The molecule has 2 rings (SSSR count). The van der Waals surface area contributed by atoms with Crippen LogP contribution in [0.2, 0.25) is 0 Å². The molecule has 6 nitrogen and oxygen atoms in total. The van der Waals surface area contributed by atoms with Gasteiger partial charge in [0.15, 0.2) is 0 Å². The van der Waals surface area contributed by atoms with E-state index in [9.17, 15) is 9.18 Å². The highest BCUT2D eigenvalue weighted by Crippen LogP contribution is 2.18. The molecule has 0 bridgehead atoms. The summed E-state index contributed by atoms with van der Waals surface area (Å²) in [5, 5.41) is 2.84. The molecule has 2 aromatic rings. The molecule has 0 aromatic carbocycles. The van der Waals surface area contributed by atoms with Crippen LogP contribution in [0.4, 0.5) is 21.7 Å². The number of nitrogens with one attached hydrogen (secondary N) is 1. The molecule has 0 saturated heterocycles. The summed E-state index contributed by atoms with van der Waals surface area (Å²) in [7, 11) is 1.26. The molecular weight excluding hydrogens is 251 g/mol. The van der Waals surface area contributed by atoms with Gasteiger partial charge < -0.3 is 15.8 Å². The molecule has 2 heterocycles. The first-order valence-corrected chi connectivity index (χ1v) is 5.32. The van der Waals surface area contributed by atoms with Gasteiger partial charge in [-0.1, -0.05) is 0 Å². The Morgan fingerprint density at radius 2 is 2.05 bits per heavy atom. The quantitative estimate of drug-likeness (QED) is 0.819. The lowest BCUT2D eigenvalue weighted by Gasteiger charge is -2.07. The number of hydrogen-bond acceptors (Lipinski definition) is 6. The number of carbonyl (C=O) groups is 1. The van der Waals surface area contributed by atoms with Gasteiger partial charge in [-0.2, -0.15) is 0 Å². The number of methoxy groups -OCH3 is 1. The first-order valence-electron chi connectivity index (χ1n) is 5.32. The SMILES string of the molecule is COC(=O)c1cnc(Nc2ccc(F)cn2)cc1N. The molecule has 0 radical (unpaired) electrons. The number of anilines is 3. The van der Waals surface area contributed by atoms with E-state index >= 15 is 0 Å². The zero-order valence-electron chi connectivity index (χ0n) is 10.1. The van der Waals surface area contributed by atoms with Gasteiger partial charge in [-0.15, -0.1) is 0 Å². The molecule has 0 saturated carbocycles. The van der Waals surface area contributed by atoms with E-state index in [1.807, 2.05) is 0 Å². The van der Waals surface area contributed by atoms with Crippen molar-refractivity contribution >= 4 is 23.3 Å². The van der Waals surface area contributed by atoms with Crippen molar-refractivity contribution in [2.75, 3.05) is 18.2 Å². The van der Waals surface area contributed by atoms with E-state index in [0.29, 0.717) is 11.6 Å². The number of nitrogens with two attached hydrogens (primary N) is 1. The fourth-order valence-electron chi connectivity index (χ4n) is 1.40. The van der Waals surface area contributed by atoms with Crippen molar-refractivity contribution in [3.8, 4) is 0 Å². The molecule has 98 valence electrons. The summed E-state index contributed by atoms with van der Waals surface area (Å²) in [6.45, 7) is 0. The van der Waals surface area contributed by atoms with Crippen LogP contribution in [0.5, 0.6) is 0 Å². The second kappa shape index (κ2) is 5.30. The Morgan fingerprint density at radius 3 is 2.63 bits per heavy atom. The number of aromatic nitrogens is 2. The zero-order chi connectivity index (χ0) is 13.8. The molecule has 2 aromatic heterocycles. The van der Waals surface area contributed by atoms with Crippen LogP contribution in [0.3, 0.4) is 0 Å². The number of nitrogens with zero attached hydrogens (tertiary/aromatic N) is 2. The molecule has 0 aliphatic rings. The summed E-state index contributed by atoms with van der Waals surface area (Å²) in [5.41, 5.74) is 6.12. The third-order valence-corrected chi connectivity index (χ3v) is 2.32. The van der Waals surface area contributed by atoms with Gasteiger partial charge in [-0.3, -0.25) is 0 Å². The molecule has 7 heteroatoms. The van der Waals surface area contributed by atoms with E-state index in [1.165, 1.54) is 31.5 Å². The van der Waals surface area contributed by atoms with Gasteiger partial charge >= 0.3 is 5.97 Å². The molecule has 0 unspecified atom stereocenters. The molecule has 0 atom stereocenters. The second-order valence-electron chi connectivity index (χ2n) is 3.64. The minimum atomic E-state index is -0.559. The van der Waals surface area contributed by atoms with Crippen LogP contribution in [0.15, 0.2) is 30.6 Å². The minimum Gasteiger partial charge on any atom is -0.465 e. The Balaban J connectivity index is 2.20. The largest absolute Gasteiger partial charge is 0.465 e. The standard InChI is InChI=1S/C12H11FN4O2/c1-19-12(18)8-6-16-11(4-9(8)14)17-10-3-2-7(13)5-15-10/h2-6H,1H3,(H3,14,15,16,17). The van der Waals surface area contributed by atoms with Gasteiger partial charge in [-0.25, -0.2) is 19.2 Å². The third-order valence-electron chi connectivity index (χ3n) is 2.32. The Labute approximate surface area is 108 Å². The molecule has 0 aliphatic carbocycles. The van der Waals surface area contributed by atoms with Crippen molar-refractivity contribution in [3.05, 3.63) is 42.0 Å². The van der Waals surface area contributed by atoms with E-state index in [2.05, 4.69) is 20.0 Å². The van der Waals surface area contributed by atoms with Crippen LogP contribution < -0.4 is 11.1 Å². The zero-order valence-corrected chi connectivity index (χ0v) is 10.1. The maximum absolute atomic E-state index is 12.7. The van der Waals surface area contributed by atoms with Gasteiger partial charge in [0.05, 0.1) is 19.0 Å². The van der Waals surface area contributed by atoms with Crippen molar-refractivity contribution in [3.63, 3.8) is 0 Å². The molecule has 0 spiro atoms. The lowest BCUT2D eigenvalue weighted by molar-refractivity contribution is 0.0601. The van der Waals surface area contributed by atoms with Gasteiger partial charge in [0.25, 0.3) is 0 Å². The fraction of sp³-hybridized carbons (Fsp3) is 0.0833. The smallest absolute Gasteiger partial charge is 0.341 e. The number of hydrogen-bond donors (Lipinski definition) is 2. The monoisotopic (exact) mass is 262 g/mol. The number of halogens is 1. The topological polar surface area (TPSA) is 90.1 Å². The molecular formula is C12H11FN4O2. The number of pyridine rings is 2. The maximum Gasteiger partial charge on any atom is 0.341 e. The summed E-state index contributed by atoms with van der Waals surface area (Å²) in [6, 6.07) is 4.19. The number of esters is 1. The van der Waals surface area contributed by atoms with Crippen LogP contribution >= 0.6 is 0 Å². The second-order valence-corrected chi connectivity index (χ2v) is 3.64. The Kier molecular flexibility index (Phi) is 3.56. The molecule has 0 fully saturated rings. The van der Waals surface area contributed by atoms with Crippen molar-refractivity contribution in [1.82, 2.24) is 9.97 Å². The Bertz CT molecular complexity index is 601. The highest BCUT2D eigenvalue weighted by Gasteiger charge is 2.11. The lowest BCUT2D eigenvalue weighted by Crippen LogP contribution is -2.07. The first-order chi connectivity index (χ1) is 9.10. The van der Waals surface area contributed by atoms with Gasteiger partial charge in [0.2, 0.25) is 0 Å². The molecule has 3 N–H and O–H groups in total. The van der Waals surface area contributed by atoms with Crippen LogP contribution in [0.25, 0.3) is 0 Å². The van der Waals surface area contributed by atoms with E-state index in [4.69, 9.17) is 5.73 Å². The summed E-state index contributed by atoms with van der Waals surface area (Å²) in [6.07, 6.45) is 2.38. The predicted molar refractivity (Wildman–Crippen MR) is 67.5 cm³/mol. The number of rotatable bonds is 3. The van der Waals surface area contributed by atoms with Gasteiger partial charge in [0.1, 0.15) is 23.0 Å². The highest BCUT2D eigenvalue weighted by atomic mass is 19.1. The first kappa shape index (κ1) is 12.7. The number of carbonyl (C=O) groups excluding carboxylic acids is 1. The summed E-state index contributed by atoms with van der Waals surface area (Å²) in [4.78, 5) is 19.1. The van der Waals surface area contributed by atoms with Crippen LogP contribution in [-0.2, 0) is 4.74 Å². The molecule has 0 aliphatic heterocycles. The highest BCUT2D eigenvalue weighted by molar-refractivity contribution is 5.95. The normalized spacial score (nSPS) is 10.0. The summed E-state index contributed by atoms with van der Waals surface area (Å²) >= 11 is 0. The Hall–Kier alpha value is -2.70. The predicted octanol–water partition coefficient (Wildman–Crippen LogP) is 1.73. The van der Waals surface area contributed by atoms with E-state index in [1.54, 1.807) is 0 Å². The average molecular weight is 262 g/mol. The van der Waals surface area contributed by atoms with Crippen LogP contribution in [-0.4, -0.2) is 23.0 Å². The minimum absolute atomic E-state index is 0.181. The van der Waals surface area contributed by atoms with E-state index in [0.717, 1.165) is 6.20 Å². The molecule has 0 amide bonds. The van der Waals surface area contributed by atoms with Crippen LogP contribution in [0, 0.1) is 5.82 Å². The average Bonchev–Trinajstić information content (AvgIpc) is 2.41. The lowest BCUT2D eigenvalue weighted by atomic mass is 10.2. The van der Waals surface area contributed by atoms with Crippen molar-refractivity contribution < 1.29 is 13.9 Å². The van der Waals surface area contributed by atoms with E-state index in [-0.39, 0.29) is 11.3 Å². The van der Waals surface area contributed by atoms with Gasteiger partial charge in [0, 0.05) is 12.3 Å². The van der Waals surface area contributed by atoms with Crippen molar-refractivity contribution in [1.29, 1.82) is 0 Å². The summed E-state index contributed by atoms with van der Waals surface area (Å²) in [5.74, 6) is -0.182. The number of nitrogen functional groups attached to an aromatic ring is 1. The van der Waals surface area contributed by atoms with E-state index < -0.39 is 11.8 Å². The maximum atomic E-state index is 12.7. The van der Waals surface area contributed by atoms with Crippen molar-refractivity contribution in [2.45, 2.75) is 0 Å². The van der Waals surface area contributed by atoms with Gasteiger partial charge in [-0.05, 0) is 12.1 Å². The Morgan fingerprint density at radius 1 is 1.32 bits per heavy atom. The number of ether oxygens (including phenoxy) is 1. The van der Waals surface area contributed by atoms with Crippen molar-refractivity contribution in [2.24, 2.45) is 0 Å².